The Morgan fingerprint density at radius 2 is 1.81 bits per heavy atom. The molecule has 0 radical (unpaired) electrons. The molecule has 0 aliphatic carbocycles. The van der Waals surface area contributed by atoms with Crippen molar-refractivity contribution >= 4 is 0 Å². The van der Waals surface area contributed by atoms with Gasteiger partial charge < -0.3 is 10.1 Å². The van der Waals surface area contributed by atoms with Crippen LogP contribution in [0.25, 0.3) is 0 Å². The summed E-state index contributed by atoms with van der Waals surface area (Å²) in [5.41, 5.74) is 2.19. The standard InChI is InChI=1S/C18H22FNO/c1-14(2)20-13-16-6-8-18(9-7-16)21-11-10-15-4-3-5-17(19)12-15/h3-9,12,14,20H,10-11,13H2,1-2H3. The van der Waals surface area contributed by atoms with Gasteiger partial charge in [0.1, 0.15) is 11.6 Å². The summed E-state index contributed by atoms with van der Waals surface area (Å²) in [5.74, 6) is 0.647. The van der Waals surface area contributed by atoms with Gasteiger partial charge in [0.05, 0.1) is 6.61 Å². The van der Waals surface area contributed by atoms with Crippen LogP contribution in [-0.4, -0.2) is 12.6 Å². The lowest BCUT2D eigenvalue weighted by Crippen LogP contribution is -2.21. The zero-order valence-electron chi connectivity index (χ0n) is 12.6. The Morgan fingerprint density at radius 1 is 1.05 bits per heavy atom. The first-order chi connectivity index (χ1) is 10.1. The lowest BCUT2D eigenvalue weighted by Gasteiger charge is -2.10. The van der Waals surface area contributed by atoms with Gasteiger partial charge in [0.2, 0.25) is 0 Å². The molecule has 0 bridgehead atoms. The molecule has 0 saturated heterocycles. The van der Waals surface area contributed by atoms with Crippen molar-refractivity contribution in [2.75, 3.05) is 6.61 Å². The number of ether oxygens (including phenoxy) is 1. The molecule has 0 aliphatic heterocycles. The third kappa shape index (κ3) is 5.56. The molecule has 2 rings (SSSR count). The molecular formula is C18H22FNO. The van der Waals surface area contributed by atoms with Crippen LogP contribution in [0.3, 0.4) is 0 Å². The summed E-state index contributed by atoms with van der Waals surface area (Å²) < 4.78 is 18.7. The summed E-state index contributed by atoms with van der Waals surface area (Å²) in [7, 11) is 0. The minimum Gasteiger partial charge on any atom is -0.493 e. The molecule has 2 aromatic carbocycles. The summed E-state index contributed by atoms with van der Waals surface area (Å²) in [4.78, 5) is 0. The fraction of sp³-hybridized carbons (Fsp3) is 0.333. The molecule has 0 amide bonds. The zero-order chi connectivity index (χ0) is 15.1. The average molecular weight is 287 g/mol. The SMILES string of the molecule is CC(C)NCc1ccc(OCCc2cccc(F)c2)cc1. The number of hydrogen-bond donors (Lipinski definition) is 1. The molecular weight excluding hydrogens is 265 g/mol. The van der Waals surface area contributed by atoms with E-state index in [0.29, 0.717) is 19.1 Å². The molecule has 0 aliphatic rings. The average Bonchev–Trinajstić information content (AvgIpc) is 2.46. The molecule has 1 N–H and O–H groups in total. The van der Waals surface area contributed by atoms with Gasteiger partial charge in [-0.25, -0.2) is 4.39 Å². The van der Waals surface area contributed by atoms with E-state index in [-0.39, 0.29) is 5.82 Å². The van der Waals surface area contributed by atoms with Gasteiger partial charge >= 0.3 is 0 Å². The van der Waals surface area contributed by atoms with Crippen molar-refractivity contribution < 1.29 is 9.13 Å². The van der Waals surface area contributed by atoms with Crippen molar-refractivity contribution in [2.24, 2.45) is 0 Å². The highest BCUT2D eigenvalue weighted by atomic mass is 19.1. The Kier molecular flexibility index (Phi) is 5.76. The van der Waals surface area contributed by atoms with Crippen LogP contribution >= 0.6 is 0 Å². The molecule has 112 valence electrons. The molecule has 21 heavy (non-hydrogen) atoms. The second kappa shape index (κ2) is 7.79. The first kappa shape index (κ1) is 15.5. The predicted octanol–water partition coefficient (Wildman–Crippen LogP) is 3.95. The van der Waals surface area contributed by atoms with Crippen LogP contribution in [0.5, 0.6) is 5.75 Å². The number of benzene rings is 2. The smallest absolute Gasteiger partial charge is 0.123 e. The highest BCUT2D eigenvalue weighted by Crippen LogP contribution is 2.13. The molecule has 0 atom stereocenters. The van der Waals surface area contributed by atoms with Gasteiger partial charge in [-0.1, -0.05) is 38.1 Å². The van der Waals surface area contributed by atoms with Crippen molar-refractivity contribution in [3.63, 3.8) is 0 Å². The molecule has 3 heteroatoms. The van der Waals surface area contributed by atoms with Gasteiger partial charge in [0, 0.05) is 19.0 Å². The lowest BCUT2D eigenvalue weighted by molar-refractivity contribution is 0.321. The van der Waals surface area contributed by atoms with Crippen molar-refractivity contribution in [3.05, 3.63) is 65.5 Å². The van der Waals surface area contributed by atoms with Gasteiger partial charge in [-0.15, -0.1) is 0 Å². The highest BCUT2D eigenvalue weighted by molar-refractivity contribution is 5.27. The van der Waals surface area contributed by atoms with Crippen LogP contribution in [-0.2, 0) is 13.0 Å². The van der Waals surface area contributed by atoms with Crippen molar-refractivity contribution in [1.29, 1.82) is 0 Å². The largest absolute Gasteiger partial charge is 0.493 e. The third-order valence-electron chi connectivity index (χ3n) is 3.19. The van der Waals surface area contributed by atoms with Crippen molar-refractivity contribution in [3.8, 4) is 5.75 Å². The second-order valence-electron chi connectivity index (χ2n) is 5.41. The van der Waals surface area contributed by atoms with Gasteiger partial charge in [-0.2, -0.15) is 0 Å². The summed E-state index contributed by atoms with van der Waals surface area (Å²) in [6.07, 6.45) is 0.703. The van der Waals surface area contributed by atoms with E-state index in [1.54, 1.807) is 12.1 Å². The van der Waals surface area contributed by atoms with E-state index in [1.807, 2.05) is 18.2 Å². The lowest BCUT2D eigenvalue weighted by atomic mass is 10.1. The monoisotopic (exact) mass is 287 g/mol. The normalized spacial score (nSPS) is 10.9. The van der Waals surface area contributed by atoms with E-state index >= 15 is 0 Å². The molecule has 0 heterocycles. The molecule has 0 unspecified atom stereocenters. The molecule has 0 fully saturated rings. The highest BCUT2D eigenvalue weighted by Gasteiger charge is 1.99. The molecule has 2 aromatic rings. The minimum absolute atomic E-state index is 0.200. The zero-order valence-corrected chi connectivity index (χ0v) is 12.6. The Hall–Kier alpha value is -1.87. The van der Waals surface area contributed by atoms with E-state index in [0.717, 1.165) is 17.9 Å². The fourth-order valence-corrected chi connectivity index (χ4v) is 2.00. The Labute approximate surface area is 126 Å². The molecule has 0 spiro atoms. The van der Waals surface area contributed by atoms with E-state index in [9.17, 15) is 4.39 Å². The van der Waals surface area contributed by atoms with Gasteiger partial charge in [0.15, 0.2) is 0 Å². The van der Waals surface area contributed by atoms with Gasteiger partial charge in [-0.05, 0) is 35.4 Å². The van der Waals surface area contributed by atoms with Gasteiger partial charge in [-0.3, -0.25) is 0 Å². The van der Waals surface area contributed by atoms with Crippen molar-refractivity contribution in [1.82, 2.24) is 5.32 Å². The Morgan fingerprint density at radius 3 is 2.48 bits per heavy atom. The van der Waals surface area contributed by atoms with Crippen LogP contribution in [0.15, 0.2) is 48.5 Å². The maximum Gasteiger partial charge on any atom is 0.123 e. The van der Waals surface area contributed by atoms with Gasteiger partial charge in [0.25, 0.3) is 0 Å². The molecule has 0 aromatic heterocycles. The second-order valence-corrected chi connectivity index (χ2v) is 5.41. The van der Waals surface area contributed by atoms with E-state index in [2.05, 4.69) is 31.3 Å². The van der Waals surface area contributed by atoms with E-state index in [1.165, 1.54) is 11.6 Å². The first-order valence-electron chi connectivity index (χ1n) is 7.33. The third-order valence-corrected chi connectivity index (χ3v) is 3.19. The topological polar surface area (TPSA) is 21.3 Å². The Balaban J connectivity index is 1.78. The maximum absolute atomic E-state index is 13.0. The van der Waals surface area contributed by atoms with E-state index in [4.69, 9.17) is 4.74 Å². The number of hydrogen-bond acceptors (Lipinski definition) is 2. The summed E-state index contributed by atoms with van der Waals surface area (Å²) in [6.45, 7) is 5.67. The quantitative estimate of drug-likeness (QED) is 0.832. The van der Waals surface area contributed by atoms with Crippen LogP contribution < -0.4 is 10.1 Å². The Bertz CT molecular complexity index is 551. The molecule has 2 nitrogen and oxygen atoms in total. The minimum atomic E-state index is -0.200. The number of rotatable bonds is 7. The van der Waals surface area contributed by atoms with Crippen LogP contribution in [0, 0.1) is 5.82 Å². The van der Waals surface area contributed by atoms with Crippen LogP contribution in [0.1, 0.15) is 25.0 Å². The number of halogens is 1. The first-order valence-corrected chi connectivity index (χ1v) is 7.33. The van der Waals surface area contributed by atoms with Crippen molar-refractivity contribution in [2.45, 2.75) is 32.9 Å². The van der Waals surface area contributed by atoms with Crippen LogP contribution in [0.4, 0.5) is 4.39 Å². The maximum atomic E-state index is 13.0. The summed E-state index contributed by atoms with van der Waals surface area (Å²) in [5, 5.41) is 3.37. The van der Waals surface area contributed by atoms with Crippen LogP contribution in [0.2, 0.25) is 0 Å². The summed E-state index contributed by atoms with van der Waals surface area (Å²) >= 11 is 0. The predicted molar refractivity (Wildman–Crippen MR) is 84.0 cm³/mol. The number of nitrogens with one attached hydrogen (secondary N) is 1. The summed E-state index contributed by atoms with van der Waals surface area (Å²) in [6, 6.07) is 15.2. The van der Waals surface area contributed by atoms with E-state index < -0.39 is 0 Å². The molecule has 0 saturated carbocycles. The fourth-order valence-electron chi connectivity index (χ4n) is 2.00.